The van der Waals surface area contributed by atoms with E-state index in [1.165, 1.54) is 65.4 Å². The van der Waals surface area contributed by atoms with E-state index >= 15 is 0 Å². The van der Waals surface area contributed by atoms with Gasteiger partial charge in [0.2, 0.25) is 6.71 Å². The molecule has 0 N–H and O–H groups in total. The summed E-state index contributed by atoms with van der Waals surface area (Å²) in [7, 11) is 0. The Morgan fingerprint density at radius 1 is 0.353 bits per heavy atom. The molecule has 6 aromatic carbocycles. The van der Waals surface area contributed by atoms with Gasteiger partial charge in [-0.15, -0.1) is 0 Å². The van der Waals surface area contributed by atoms with E-state index in [1.54, 1.807) is 0 Å². The maximum absolute atomic E-state index is 2.30. The van der Waals surface area contributed by atoms with Crippen molar-refractivity contribution in [1.82, 2.24) is 0 Å². The van der Waals surface area contributed by atoms with E-state index in [1.807, 2.05) is 0 Å². The molecule has 1 heteroatoms. The number of aryl methyl sites for hydroxylation is 3. The average molecular weight is 434 g/mol. The predicted octanol–water partition coefficient (Wildman–Crippen LogP) is 6.59. The van der Waals surface area contributed by atoms with E-state index in [9.17, 15) is 0 Å². The molecule has 0 unspecified atom stereocenters. The number of rotatable bonds is 3. The molecule has 0 aliphatic rings. The van der Waals surface area contributed by atoms with Crippen molar-refractivity contribution >= 4 is 55.4 Å². The summed E-state index contributed by atoms with van der Waals surface area (Å²) in [5.74, 6) is 0. The molecular weight excluding hydrogens is 407 g/mol. The zero-order chi connectivity index (χ0) is 23.2. The van der Waals surface area contributed by atoms with Crippen LogP contribution in [0.5, 0.6) is 0 Å². The number of benzene rings is 6. The fourth-order valence-electron chi connectivity index (χ4n) is 5.80. The molecule has 0 aromatic heterocycles. The standard InChI is InChI=1S/C33H27B/c1-22-16-19-25-10-4-7-13-28(25)31(22)34(32-23(2)17-20-26-11-5-8-14-29(26)32)33-24(3)18-21-27-12-6-9-15-30(27)33/h4-21H,1-3H3. The topological polar surface area (TPSA) is 0 Å². The van der Waals surface area contributed by atoms with Gasteiger partial charge in [-0.25, -0.2) is 0 Å². The fourth-order valence-corrected chi connectivity index (χ4v) is 5.80. The largest absolute Gasteiger partial charge is 0.244 e. The summed E-state index contributed by atoms with van der Waals surface area (Å²) in [6, 6.07) is 40.2. The summed E-state index contributed by atoms with van der Waals surface area (Å²) in [4.78, 5) is 0. The van der Waals surface area contributed by atoms with Gasteiger partial charge in [-0.3, -0.25) is 0 Å². The first kappa shape index (κ1) is 20.7. The highest BCUT2D eigenvalue weighted by molar-refractivity contribution is 7.00. The van der Waals surface area contributed by atoms with Gasteiger partial charge in [-0.1, -0.05) is 142 Å². The lowest BCUT2D eigenvalue weighted by Gasteiger charge is -2.26. The molecule has 0 saturated heterocycles. The van der Waals surface area contributed by atoms with E-state index in [0.717, 1.165) is 0 Å². The van der Waals surface area contributed by atoms with Gasteiger partial charge in [0.15, 0.2) is 0 Å². The predicted molar refractivity (Wildman–Crippen MR) is 151 cm³/mol. The molecule has 0 aliphatic heterocycles. The Balaban J connectivity index is 1.84. The number of hydrogen-bond acceptors (Lipinski definition) is 0. The lowest BCUT2D eigenvalue weighted by atomic mass is 9.33. The van der Waals surface area contributed by atoms with Crippen LogP contribution in [0.3, 0.4) is 0 Å². The zero-order valence-corrected chi connectivity index (χ0v) is 20.0. The highest BCUT2D eigenvalue weighted by atomic mass is 14.1. The molecule has 0 bridgehead atoms. The molecule has 0 aliphatic carbocycles. The molecule has 0 amide bonds. The second-order valence-corrected chi connectivity index (χ2v) is 9.48. The van der Waals surface area contributed by atoms with Gasteiger partial charge in [-0.05, 0) is 53.1 Å². The van der Waals surface area contributed by atoms with Crippen LogP contribution in [0, 0.1) is 20.8 Å². The smallest absolute Gasteiger partial charge is 0.0616 e. The maximum Gasteiger partial charge on any atom is 0.244 e. The first-order chi connectivity index (χ1) is 16.6. The van der Waals surface area contributed by atoms with Crippen LogP contribution in [0.15, 0.2) is 109 Å². The third-order valence-electron chi connectivity index (χ3n) is 7.43. The van der Waals surface area contributed by atoms with Crippen molar-refractivity contribution < 1.29 is 0 Å². The van der Waals surface area contributed by atoms with Crippen LogP contribution < -0.4 is 16.4 Å². The van der Waals surface area contributed by atoms with E-state index < -0.39 is 0 Å². The number of hydrogen-bond donors (Lipinski definition) is 0. The second-order valence-electron chi connectivity index (χ2n) is 9.48. The highest BCUT2D eigenvalue weighted by Gasteiger charge is 2.31. The molecule has 0 spiro atoms. The van der Waals surface area contributed by atoms with Crippen molar-refractivity contribution in [3.05, 3.63) is 126 Å². The van der Waals surface area contributed by atoms with Crippen LogP contribution in [0.25, 0.3) is 32.3 Å². The summed E-state index contributed by atoms with van der Waals surface area (Å²) in [6.45, 7) is 6.95. The van der Waals surface area contributed by atoms with Crippen LogP contribution >= 0.6 is 0 Å². The molecule has 162 valence electrons. The van der Waals surface area contributed by atoms with Crippen molar-refractivity contribution in [2.45, 2.75) is 20.8 Å². The Kier molecular flexibility index (Phi) is 5.00. The Hall–Kier alpha value is -3.84. The Labute approximate surface area is 202 Å². The summed E-state index contributed by atoms with van der Waals surface area (Å²) in [6.07, 6.45) is 0. The molecule has 0 fully saturated rings. The molecule has 0 radical (unpaired) electrons. The van der Waals surface area contributed by atoms with Gasteiger partial charge < -0.3 is 0 Å². The molecule has 34 heavy (non-hydrogen) atoms. The molecule has 0 heterocycles. The quantitative estimate of drug-likeness (QED) is 0.276. The minimum atomic E-state index is 0.128. The molecule has 6 rings (SSSR count). The monoisotopic (exact) mass is 434 g/mol. The third kappa shape index (κ3) is 3.23. The van der Waals surface area contributed by atoms with Crippen LogP contribution in [-0.4, -0.2) is 6.71 Å². The number of fused-ring (bicyclic) bond motifs is 3. The van der Waals surface area contributed by atoms with Crippen LogP contribution in [0.4, 0.5) is 0 Å². The lowest BCUT2D eigenvalue weighted by Crippen LogP contribution is -2.55. The summed E-state index contributed by atoms with van der Waals surface area (Å²) in [5.41, 5.74) is 8.25. The van der Waals surface area contributed by atoms with Gasteiger partial charge in [0.05, 0.1) is 0 Å². The molecule has 0 atom stereocenters. The summed E-state index contributed by atoms with van der Waals surface area (Å²) < 4.78 is 0. The average Bonchev–Trinajstić information content (AvgIpc) is 2.87. The van der Waals surface area contributed by atoms with Gasteiger partial charge in [0, 0.05) is 0 Å². The van der Waals surface area contributed by atoms with Gasteiger partial charge >= 0.3 is 0 Å². The van der Waals surface area contributed by atoms with E-state index in [2.05, 4.69) is 130 Å². The second kappa shape index (κ2) is 8.19. The SMILES string of the molecule is Cc1ccc2ccccc2c1B(c1c(C)ccc2ccccc12)c1c(C)ccc2ccccc12. The van der Waals surface area contributed by atoms with Crippen molar-refractivity contribution in [3.8, 4) is 0 Å². The molecule has 0 nitrogen and oxygen atoms in total. The highest BCUT2D eigenvalue weighted by Crippen LogP contribution is 2.22. The van der Waals surface area contributed by atoms with Crippen molar-refractivity contribution in [1.29, 1.82) is 0 Å². The maximum atomic E-state index is 2.30. The van der Waals surface area contributed by atoms with Crippen molar-refractivity contribution in [2.24, 2.45) is 0 Å². The Morgan fingerprint density at radius 3 is 0.971 bits per heavy atom. The minimum absolute atomic E-state index is 0.128. The summed E-state index contributed by atoms with van der Waals surface area (Å²) in [5, 5.41) is 7.91. The Bertz CT molecular complexity index is 1490. The zero-order valence-electron chi connectivity index (χ0n) is 20.0. The van der Waals surface area contributed by atoms with Gasteiger partial charge in [0.25, 0.3) is 0 Å². The van der Waals surface area contributed by atoms with Gasteiger partial charge in [-0.2, -0.15) is 0 Å². The van der Waals surface area contributed by atoms with E-state index in [-0.39, 0.29) is 6.71 Å². The van der Waals surface area contributed by atoms with Crippen LogP contribution in [-0.2, 0) is 0 Å². The normalized spacial score (nSPS) is 11.4. The van der Waals surface area contributed by atoms with Crippen LogP contribution in [0.2, 0.25) is 0 Å². The molecule has 0 saturated carbocycles. The summed E-state index contributed by atoms with van der Waals surface area (Å²) >= 11 is 0. The minimum Gasteiger partial charge on any atom is -0.0616 e. The Morgan fingerprint density at radius 2 is 0.647 bits per heavy atom. The van der Waals surface area contributed by atoms with Crippen LogP contribution in [0.1, 0.15) is 16.7 Å². The van der Waals surface area contributed by atoms with Crippen molar-refractivity contribution in [3.63, 3.8) is 0 Å². The van der Waals surface area contributed by atoms with E-state index in [0.29, 0.717) is 0 Å². The van der Waals surface area contributed by atoms with Crippen molar-refractivity contribution in [2.75, 3.05) is 0 Å². The first-order valence-corrected chi connectivity index (χ1v) is 12.1. The lowest BCUT2D eigenvalue weighted by molar-refractivity contribution is 1.50. The molecular formula is C33H27B. The first-order valence-electron chi connectivity index (χ1n) is 12.1. The van der Waals surface area contributed by atoms with Gasteiger partial charge in [0.1, 0.15) is 0 Å². The fraction of sp³-hybridized carbons (Fsp3) is 0.0909. The van der Waals surface area contributed by atoms with E-state index in [4.69, 9.17) is 0 Å². The molecule has 6 aromatic rings. The third-order valence-corrected chi connectivity index (χ3v) is 7.43.